The molecule has 0 aliphatic carbocycles. The van der Waals surface area contributed by atoms with E-state index < -0.39 is 10.2 Å². The molecular weight excluding hydrogens is 258 g/mol. The minimum absolute atomic E-state index is 0.602. The first-order valence-corrected chi connectivity index (χ1v) is 8.82. The Labute approximate surface area is 108 Å². The van der Waals surface area contributed by atoms with E-state index in [1.807, 2.05) is 11.8 Å². The van der Waals surface area contributed by atoms with Crippen LogP contribution in [0.1, 0.15) is 12.8 Å². The first-order valence-electron chi connectivity index (χ1n) is 6.13. The Hall–Kier alpha value is 0.180. The molecule has 1 N–H and O–H groups in total. The second-order valence-electron chi connectivity index (χ2n) is 4.49. The van der Waals surface area contributed by atoms with Crippen molar-refractivity contribution in [3.05, 3.63) is 0 Å². The SMILES string of the molecule is CSC1CCN(S(=O)(=O)N2CCNCC2)CC1. The Morgan fingerprint density at radius 3 is 2.12 bits per heavy atom. The predicted molar refractivity (Wildman–Crippen MR) is 71.5 cm³/mol. The Morgan fingerprint density at radius 1 is 1.06 bits per heavy atom. The summed E-state index contributed by atoms with van der Waals surface area (Å²) >= 11 is 1.85. The van der Waals surface area contributed by atoms with Gasteiger partial charge in [-0.2, -0.15) is 28.8 Å². The number of piperidine rings is 1. The van der Waals surface area contributed by atoms with Crippen LogP contribution in [-0.2, 0) is 10.2 Å². The van der Waals surface area contributed by atoms with Crippen LogP contribution < -0.4 is 5.32 Å². The largest absolute Gasteiger partial charge is 0.314 e. The van der Waals surface area contributed by atoms with Crippen LogP contribution >= 0.6 is 11.8 Å². The van der Waals surface area contributed by atoms with Gasteiger partial charge in [0.25, 0.3) is 10.2 Å². The zero-order valence-corrected chi connectivity index (χ0v) is 11.9. The van der Waals surface area contributed by atoms with Crippen molar-refractivity contribution in [2.45, 2.75) is 18.1 Å². The lowest BCUT2D eigenvalue weighted by molar-refractivity contribution is 0.290. The van der Waals surface area contributed by atoms with Gasteiger partial charge in [-0.25, -0.2) is 0 Å². The summed E-state index contributed by atoms with van der Waals surface area (Å²) in [7, 11) is -3.20. The van der Waals surface area contributed by atoms with E-state index >= 15 is 0 Å². The number of rotatable bonds is 3. The number of hydrogen-bond acceptors (Lipinski definition) is 4. The highest BCUT2D eigenvalue weighted by Crippen LogP contribution is 2.23. The van der Waals surface area contributed by atoms with Crippen molar-refractivity contribution in [1.82, 2.24) is 13.9 Å². The van der Waals surface area contributed by atoms with Gasteiger partial charge < -0.3 is 5.32 Å². The van der Waals surface area contributed by atoms with Gasteiger partial charge in [0.2, 0.25) is 0 Å². The van der Waals surface area contributed by atoms with E-state index in [0.717, 1.165) is 25.9 Å². The van der Waals surface area contributed by atoms with Gasteiger partial charge in [-0.05, 0) is 19.1 Å². The van der Waals surface area contributed by atoms with E-state index in [1.54, 1.807) is 8.61 Å². The maximum absolute atomic E-state index is 12.4. The molecule has 2 fully saturated rings. The topological polar surface area (TPSA) is 52.7 Å². The molecule has 0 bridgehead atoms. The van der Waals surface area contributed by atoms with E-state index in [2.05, 4.69) is 11.6 Å². The molecule has 2 aliphatic heterocycles. The molecule has 2 rings (SSSR count). The molecule has 0 unspecified atom stereocenters. The fourth-order valence-electron chi connectivity index (χ4n) is 2.34. The normalized spacial score (nSPS) is 26.2. The fraction of sp³-hybridized carbons (Fsp3) is 1.00. The van der Waals surface area contributed by atoms with Crippen molar-refractivity contribution >= 4 is 22.0 Å². The van der Waals surface area contributed by atoms with Crippen molar-refractivity contribution in [3.8, 4) is 0 Å². The van der Waals surface area contributed by atoms with Gasteiger partial charge >= 0.3 is 0 Å². The zero-order chi connectivity index (χ0) is 12.3. The highest BCUT2D eigenvalue weighted by molar-refractivity contribution is 7.99. The Morgan fingerprint density at radius 2 is 1.59 bits per heavy atom. The Kier molecular flexibility index (Phi) is 4.71. The summed E-state index contributed by atoms with van der Waals surface area (Å²) in [5.74, 6) is 0. The molecule has 0 amide bonds. The maximum atomic E-state index is 12.4. The minimum Gasteiger partial charge on any atom is -0.314 e. The van der Waals surface area contributed by atoms with Crippen molar-refractivity contribution in [2.75, 3.05) is 45.5 Å². The smallest absolute Gasteiger partial charge is 0.282 e. The lowest BCUT2D eigenvalue weighted by atomic mass is 10.2. The average molecular weight is 279 g/mol. The molecule has 100 valence electrons. The summed E-state index contributed by atoms with van der Waals surface area (Å²) in [6.07, 6.45) is 4.06. The van der Waals surface area contributed by atoms with Crippen LogP contribution in [0.25, 0.3) is 0 Å². The van der Waals surface area contributed by atoms with Crippen molar-refractivity contribution < 1.29 is 8.42 Å². The summed E-state index contributed by atoms with van der Waals surface area (Å²) in [6.45, 7) is 4.09. The van der Waals surface area contributed by atoms with Crippen molar-refractivity contribution in [1.29, 1.82) is 0 Å². The summed E-state index contributed by atoms with van der Waals surface area (Å²) < 4.78 is 28.0. The van der Waals surface area contributed by atoms with Gasteiger partial charge in [-0.15, -0.1) is 0 Å². The van der Waals surface area contributed by atoms with Crippen LogP contribution in [0.3, 0.4) is 0 Å². The van der Waals surface area contributed by atoms with E-state index in [4.69, 9.17) is 0 Å². The monoisotopic (exact) mass is 279 g/mol. The van der Waals surface area contributed by atoms with E-state index in [1.165, 1.54) is 0 Å². The molecule has 0 aromatic carbocycles. The Balaban J connectivity index is 1.96. The molecule has 0 atom stereocenters. The second kappa shape index (κ2) is 5.88. The lowest BCUT2D eigenvalue weighted by Crippen LogP contribution is -2.53. The first kappa shape index (κ1) is 13.6. The second-order valence-corrected chi connectivity index (χ2v) is 7.56. The zero-order valence-electron chi connectivity index (χ0n) is 10.3. The third kappa shape index (κ3) is 3.14. The standard InChI is InChI=1S/C10H21N3O2S2/c1-16-10-2-6-12(7-3-10)17(14,15)13-8-4-11-5-9-13/h10-11H,2-9H2,1H3. The maximum Gasteiger partial charge on any atom is 0.282 e. The molecule has 2 aliphatic rings. The molecule has 7 heteroatoms. The van der Waals surface area contributed by atoms with E-state index in [-0.39, 0.29) is 0 Å². The molecule has 17 heavy (non-hydrogen) atoms. The third-order valence-corrected chi connectivity index (χ3v) is 6.64. The van der Waals surface area contributed by atoms with Gasteiger partial charge in [0, 0.05) is 44.5 Å². The molecule has 2 saturated heterocycles. The molecular formula is C10H21N3O2S2. The van der Waals surface area contributed by atoms with Gasteiger partial charge in [0.15, 0.2) is 0 Å². The van der Waals surface area contributed by atoms with Crippen molar-refractivity contribution in [2.24, 2.45) is 0 Å². The van der Waals surface area contributed by atoms with Crippen LogP contribution in [0.2, 0.25) is 0 Å². The summed E-state index contributed by atoms with van der Waals surface area (Å²) in [4.78, 5) is 0. The van der Waals surface area contributed by atoms with Gasteiger partial charge in [0.05, 0.1) is 0 Å². The fourth-order valence-corrected chi connectivity index (χ4v) is 4.66. The molecule has 0 saturated carbocycles. The third-order valence-electron chi connectivity index (χ3n) is 3.46. The Bertz CT molecular complexity index is 333. The van der Waals surface area contributed by atoms with E-state index in [0.29, 0.717) is 31.4 Å². The lowest BCUT2D eigenvalue weighted by Gasteiger charge is -2.35. The summed E-state index contributed by atoms with van der Waals surface area (Å²) in [5.41, 5.74) is 0. The van der Waals surface area contributed by atoms with Crippen LogP contribution in [0, 0.1) is 0 Å². The number of thioether (sulfide) groups is 1. The van der Waals surface area contributed by atoms with Gasteiger partial charge in [-0.1, -0.05) is 0 Å². The quantitative estimate of drug-likeness (QED) is 0.788. The summed E-state index contributed by atoms with van der Waals surface area (Å²) in [6, 6.07) is 0. The number of piperazine rings is 1. The van der Waals surface area contributed by atoms with Crippen LogP contribution in [0.5, 0.6) is 0 Å². The average Bonchev–Trinajstić information content (AvgIpc) is 2.40. The molecule has 5 nitrogen and oxygen atoms in total. The van der Waals surface area contributed by atoms with Crippen LogP contribution in [0.15, 0.2) is 0 Å². The summed E-state index contributed by atoms with van der Waals surface area (Å²) in [5, 5.41) is 3.81. The number of hydrogen-bond donors (Lipinski definition) is 1. The molecule has 0 aromatic rings. The molecule has 2 heterocycles. The first-order chi connectivity index (χ1) is 8.14. The van der Waals surface area contributed by atoms with Crippen LogP contribution in [0.4, 0.5) is 0 Å². The highest BCUT2D eigenvalue weighted by atomic mass is 32.2. The van der Waals surface area contributed by atoms with Crippen LogP contribution in [-0.4, -0.2) is 67.8 Å². The van der Waals surface area contributed by atoms with Crippen molar-refractivity contribution in [3.63, 3.8) is 0 Å². The molecule has 0 spiro atoms. The molecule has 0 aromatic heterocycles. The van der Waals surface area contributed by atoms with E-state index in [9.17, 15) is 8.42 Å². The highest BCUT2D eigenvalue weighted by Gasteiger charge is 2.33. The predicted octanol–water partition coefficient (Wildman–Crippen LogP) is -0.0362. The van der Waals surface area contributed by atoms with Gasteiger partial charge in [-0.3, -0.25) is 0 Å². The minimum atomic E-state index is -3.20. The van der Waals surface area contributed by atoms with Gasteiger partial charge in [0.1, 0.15) is 0 Å². The molecule has 0 radical (unpaired) electrons. The number of nitrogens with zero attached hydrogens (tertiary/aromatic N) is 2. The number of nitrogens with one attached hydrogen (secondary N) is 1.